The molecular weight excluding hydrogens is 304 g/mol. The molecule has 7 heteroatoms. The third-order valence-corrected chi connectivity index (χ3v) is 3.68. The Bertz CT molecular complexity index is 513. The Labute approximate surface area is 136 Å². The van der Waals surface area contributed by atoms with Crippen LogP contribution in [0.5, 0.6) is 0 Å². The molecule has 1 aliphatic rings. The van der Waals surface area contributed by atoms with E-state index in [-0.39, 0.29) is 11.3 Å². The molecule has 1 amide bonds. The van der Waals surface area contributed by atoms with Gasteiger partial charge in [0.2, 0.25) is 5.28 Å². The molecule has 2 rings (SSSR count). The number of halogens is 1. The van der Waals surface area contributed by atoms with Crippen LogP contribution in [-0.2, 0) is 4.74 Å². The maximum atomic E-state index is 12.1. The van der Waals surface area contributed by atoms with Crippen molar-refractivity contribution in [1.29, 1.82) is 0 Å². The molecule has 22 heavy (non-hydrogen) atoms. The minimum atomic E-state index is -0.536. The van der Waals surface area contributed by atoms with Crippen molar-refractivity contribution >= 4 is 17.7 Å². The number of piperidine rings is 1. The fraction of sp³-hybridized carbons (Fsp3) is 0.667. The molecule has 1 aromatic heterocycles. The van der Waals surface area contributed by atoms with Gasteiger partial charge in [0.25, 0.3) is 0 Å². The van der Waals surface area contributed by atoms with Crippen molar-refractivity contribution < 1.29 is 9.53 Å². The molecule has 1 fully saturated rings. The van der Waals surface area contributed by atoms with Crippen molar-refractivity contribution in [3.8, 4) is 0 Å². The molecule has 1 atom stereocenters. The smallest absolute Gasteiger partial charge is 0.408 e. The van der Waals surface area contributed by atoms with Crippen molar-refractivity contribution in [2.45, 2.75) is 45.3 Å². The molecule has 1 aromatic rings. The van der Waals surface area contributed by atoms with Crippen LogP contribution in [0.2, 0.25) is 5.28 Å². The highest BCUT2D eigenvalue weighted by Gasteiger charge is 2.29. The van der Waals surface area contributed by atoms with Crippen LogP contribution in [-0.4, -0.2) is 34.8 Å². The van der Waals surface area contributed by atoms with Gasteiger partial charge in [0.1, 0.15) is 5.60 Å². The molecule has 2 N–H and O–H groups in total. The molecule has 1 aliphatic heterocycles. The number of hydrogen-bond donors (Lipinski definition) is 2. The predicted molar refractivity (Wildman–Crippen MR) is 84.7 cm³/mol. The second-order valence-corrected chi connectivity index (χ2v) is 6.80. The van der Waals surface area contributed by atoms with E-state index in [2.05, 4.69) is 20.6 Å². The van der Waals surface area contributed by atoms with Crippen molar-refractivity contribution in [2.24, 2.45) is 5.92 Å². The Hall–Kier alpha value is -1.40. The summed E-state index contributed by atoms with van der Waals surface area (Å²) in [6.07, 6.45) is 3.09. The van der Waals surface area contributed by atoms with Gasteiger partial charge in [0, 0.05) is 6.20 Å². The standard InChI is InChI=1S/C15H23ClN4O2/c1-15(2,3)22-14(21)20-12(10-4-7-17-8-5-10)11-6-9-18-13(16)19-11/h6,9-10,12,17H,4-5,7-8H2,1-3H3,(H,20,21). The van der Waals surface area contributed by atoms with E-state index in [1.54, 1.807) is 12.3 Å². The monoisotopic (exact) mass is 326 g/mol. The molecule has 0 aromatic carbocycles. The summed E-state index contributed by atoms with van der Waals surface area (Å²) in [4.78, 5) is 20.3. The zero-order valence-electron chi connectivity index (χ0n) is 13.2. The zero-order valence-corrected chi connectivity index (χ0v) is 14.0. The Morgan fingerprint density at radius 3 is 2.73 bits per heavy atom. The average molecular weight is 327 g/mol. The van der Waals surface area contributed by atoms with Gasteiger partial charge < -0.3 is 15.4 Å². The third kappa shape index (κ3) is 5.10. The molecule has 1 saturated heterocycles. The van der Waals surface area contributed by atoms with Crippen LogP contribution in [0, 0.1) is 5.92 Å². The van der Waals surface area contributed by atoms with E-state index >= 15 is 0 Å². The highest BCUT2D eigenvalue weighted by atomic mass is 35.5. The van der Waals surface area contributed by atoms with Crippen LogP contribution in [0.4, 0.5) is 4.79 Å². The third-order valence-electron chi connectivity index (χ3n) is 3.49. The van der Waals surface area contributed by atoms with E-state index in [4.69, 9.17) is 16.3 Å². The van der Waals surface area contributed by atoms with Gasteiger partial charge in [-0.25, -0.2) is 14.8 Å². The number of aromatic nitrogens is 2. The summed E-state index contributed by atoms with van der Waals surface area (Å²) < 4.78 is 5.37. The highest BCUT2D eigenvalue weighted by molar-refractivity contribution is 6.28. The first-order valence-corrected chi connectivity index (χ1v) is 7.91. The molecule has 2 heterocycles. The maximum absolute atomic E-state index is 12.1. The van der Waals surface area contributed by atoms with Crippen LogP contribution in [0.3, 0.4) is 0 Å². The molecule has 0 radical (unpaired) electrons. The summed E-state index contributed by atoms with van der Waals surface area (Å²) in [5.41, 5.74) is 0.185. The number of rotatable bonds is 3. The first-order valence-electron chi connectivity index (χ1n) is 7.54. The van der Waals surface area contributed by atoms with Gasteiger partial charge in [-0.05, 0) is 70.3 Å². The predicted octanol–water partition coefficient (Wildman–Crippen LogP) is 2.70. The Kier molecular flexibility index (Phi) is 5.58. The van der Waals surface area contributed by atoms with Gasteiger partial charge in [-0.2, -0.15) is 0 Å². The van der Waals surface area contributed by atoms with E-state index in [1.165, 1.54) is 0 Å². The number of carbonyl (C=O) groups is 1. The summed E-state index contributed by atoms with van der Waals surface area (Å²) in [7, 11) is 0. The molecule has 122 valence electrons. The van der Waals surface area contributed by atoms with Gasteiger partial charge in [0.15, 0.2) is 0 Å². The molecule has 6 nitrogen and oxygen atoms in total. The van der Waals surface area contributed by atoms with Gasteiger partial charge in [-0.3, -0.25) is 0 Å². The molecule has 0 spiro atoms. The lowest BCUT2D eigenvalue weighted by Gasteiger charge is -2.31. The van der Waals surface area contributed by atoms with Crippen LogP contribution in [0.1, 0.15) is 45.3 Å². The summed E-state index contributed by atoms with van der Waals surface area (Å²) in [6.45, 7) is 7.38. The highest BCUT2D eigenvalue weighted by Crippen LogP contribution is 2.28. The van der Waals surface area contributed by atoms with Crippen molar-refractivity contribution in [3.63, 3.8) is 0 Å². The SMILES string of the molecule is CC(C)(C)OC(=O)NC(c1ccnc(Cl)n1)C1CCNCC1. The molecule has 0 saturated carbocycles. The van der Waals surface area contributed by atoms with E-state index < -0.39 is 11.7 Å². The first-order chi connectivity index (χ1) is 10.3. The average Bonchev–Trinajstić information content (AvgIpc) is 2.44. The molecule has 0 aliphatic carbocycles. The minimum Gasteiger partial charge on any atom is -0.444 e. The van der Waals surface area contributed by atoms with Crippen LogP contribution in [0.25, 0.3) is 0 Å². The van der Waals surface area contributed by atoms with Gasteiger partial charge >= 0.3 is 6.09 Å². The lowest BCUT2D eigenvalue weighted by atomic mass is 9.88. The minimum absolute atomic E-state index is 0.183. The quantitative estimate of drug-likeness (QED) is 0.835. The second-order valence-electron chi connectivity index (χ2n) is 6.46. The number of amides is 1. The van der Waals surface area contributed by atoms with E-state index in [0.29, 0.717) is 5.92 Å². The molecule has 1 unspecified atom stereocenters. The summed E-state index contributed by atoms with van der Waals surface area (Å²) in [5, 5.41) is 6.45. The zero-order chi connectivity index (χ0) is 16.2. The van der Waals surface area contributed by atoms with Crippen molar-refractivity contribution in [3.05, 3.63) is 23.2 Å². The molecule has 0 bridgehead atoms. The van der Waals surface area contributed by atoms with Crippen LogP contribution < -0.4 is 10.6 Å². The maximum Gasteiger partial charge on any atom is 0.408 e. The number of ether oxygens (including phenoxy) is 1. The van der Waals surface area contributed by atoms with E-state index in [1.807, 2.05) is 20.8 Å². The Balaban J connectivity index is 2.16. The topological polar surface area (TPSA) is 76.1 Å². The lowest BCUT2D eigenvalue weighted by Crippen LogP contribution is -2.41. The number of nitrogens with one attached hydrogen (secondary N) is 2. The first kappa shape index (κ1) is 17.0. The summed E-state index contributed by atoms with van der Waals surface area (Å²) >= 11 is 5.89. The molecular formula is C15H23ClN4O2. The van der Waals surface area contributed by atoms with Crippen molar-refractivity contribution in [1.82, 2.24) is 20.6 Å². The van der Waals surface area contributed by atoms with Crippen LogP contribution >= 0.6 is 11.6 Å². The largest absolute Gasteiger partial charge is 0.444 e. The Morgan fingerprint density at radius 2 is 2.14 bits per heavy atom. The van der Waals surface area contributed by atoms with Gasteiger partial charge in [0.05, 0.1) is 11.7 Å². The number of carbonyl (C=O) groups excluding carboxylic acids is 1. The number of alkyl carbamates (subject to hydrolysis) is 1. The van der Waals surface area contributed by atoms with Crippen molar-refractivity contribution in [2.75, 3.05) is 13.1 Å². The van der Waals surface area contributed by atoms with E-state index in [0.717, 1.165) is 31.6 Å². The fourth-order valence-electron chi connectivity index (χ4n) is 2.57. The normalized spacial score (nSPS) is 17.8. The summed E-state index contributed by atoms with van der Waals surface area (Å²) in [5.74, 6) is 0.291. The number of nitrogens with zero attached hydrogens (tertiary/aromatic N) is 2. The fourth-order valence-corrected chi connectivity index (χ4v) is 2.72. The summed E-state index contributed by atoms with van der Waals surface area (Å²) in [6, 6.07) is 1.56. The second kappa shape index (κ2) is 7.24. The van der Waals surface area contributed by atoms with Gasteiger partial charge in [-0.1, -0.05) is 0 Å². The number of hydrogen-bond acceptors (Lipinski definition) is 5. The lowest BCUT2D eigenvalue weighted by molar-refractivity contribution is 0.0475. The van der Waals surface area contributed by atoms with Crippen LogP contribution in [0.15, 0.2) is 12.3 Å². The van der Waals surface area contributed by atoms with E-state index in [9.17, 15) is 4.79 Å². The Morgan fingerprint density at radius 1 is 1.45 bits per heavy atom. The van der Waals surface area contributed by atoms with Gasteiger partial charge in [-0.15, -0.1) is 0 Å².